The number of imide groups is 1. The molecule has 3 amide bonds. The van der Waals surface area contributed by atoms with Crippen molar-refractivity contribution in [2.24, 2.45) is 0 Å². The number of ketones is 1. The molecule has 1 aromatic carbocycles. The van der Waals surface area contributed by atoms with Gasteiger partial charge in [0.05, 0.1) is 0 Å². The van der Waals surface area contributed by atoms with Crippen LogP contribution in [0, 0.1) is 0 Å². The summed E-state index contributed by atoms with van der Waals surface area (Å²) in [4.78, 5) is 33.6. The van der Waals surface area contributed by atoms with E-state index in [-0.39, 0.29) is 17.0 Å². The predicted molar refractivity (Wildman–Crippen MR) is 59.1 cm³/mol. The Balaban J connectivity index is 0.00000144. The molecule has 1 fully saturated rings. The summed E-state index contributed by atoms with van der Waals surface area (Å²) < 4.78 is 0. The van der Waals surface area contributed by atoms with Crippen LogP contribution < -0.4 is 10.6 Å². The molecule has 0 bridgehead atoms. The standard InChI is InChI=1S/C11H8N2O3.H2O/c14-9(7-4-2-1-3-5-7)6-8-10(15)13-11(16)12-8;/h1-6H,(H2,12,13,15,16);1H2. The summed E-state index contributed by atoms with van der Waals surface area (Å²) in [5, 5.41) is 4.26. The maximum Gasteiger partial charge on any atom is 0.326 e. The molecular weight excluding hydrogens is 224 g/mol. The van der Waals surface area contributed by atoms with Gasteiger partial charge in [0.25, 0.3) is 5.91 Å². The van der Waals surface area contributed by atoms with Gasteiger partial charge in [-0.15, -0.1) is 0 Å². The lowest BCUT2D eigenvalue weighted by atomic mass is 10.1. The van der Waals surface area contributed by atoms with Crippen molar-refractivity contribution >= 4 is 17.7 Å². The molecule has 0 radical (unpaired) electrons. The molecule has 17 heavy (non-hydrogen) atoms. The van der Waals surface area contributed by atoms with Gasteiger partial charge in [0.1, 0.15) is 5.70 Å². The number of amides is 3. The molecule has 1 aromatic rings. The number of urea groups is 1. The Kier molecular flexibility index (Phi) is 3.74. The highest BCUT2D eigenvalue weighted by molar-refractivity contribution is 6.16. The average molecular weight is 234 g/mol. The summed E-state index contributed by atoms with van der Waals surface area (Å²) in [5.74, 6) is -0.915. The van der Waals surface area contributed by atoms with Crippen LogP contribution in [-0.4, -0.2) is 23.2 Å². The number of carbonyl (C=O) groups excluding carboxylic acids is 3. The molecule has 0 aromatic heterocycles. The second kappa shape index (κ2) is 5.04. The zero-order chi connectivity index (χ0) is 11.5. The highest BCUT2D eigenvalue weighted by Gasteiger charge is 2.23. The molecule has 6 heteroatoms. The second-order valence-electron chi connectivity index (χ2n) is 3.20. The van der Waals surface area contributed by atoms with Crippen molar-refractivity contribution in [3.05, 3.63) is 47.7 Å². The van der Waals surface area contributed by atoms with E-state index in [9.17, 15) is 14.4 Å². The monoisotopic (exact) mass is 234 g/mol. The minimum atomic E-state index is -0.614. The third-order valence-corrected chi connectivity index (χ3v) is 2.05. The highest BCUT2D eigenvalue weighted by atomic mass is 16.2. The maximum absolute atomic E-state index is 11.6. The van der Waals surface area contributed by atoms with Crippen LogP contribution in [0.1, 0.15) is 10.4 Å². The molecule has 6 nitrogen and oxygen atoms in total. The van der Waals surface area contributed by atoms with Crippen LogP contribution in [0.3, 0.4) is 0 Å². The van der Waals surface area contributed by atoms with Gasteiger partial charge in [-0.25, -0.2) is 4.79 Å². The average Bonchev–Trinajstić information content (AvgIpc) is 2.59. The van der Waals surface area contributed by atoms with E-state index in [1.54, 1.807) is 30.3 Å². The number of benzene rings is 1. The lowest BCUT2D eigenvalue weighted by molar-refractivity contribution is -0.115. The van der Waals surface area contributed by atoms with Crippen LogP contribution in [0.15, 0.2) is 42.1 Å². The first-order valence-electron chi connectivity index (χ1n) is 4.60. The van der Waals surface area contributed by atoms with Crippen LogP contribution in [0.2, 0.25) is 0 Å². The van der Waals surface area contributed by atoms with Crippen molar-refractivity contribution in [3.63, 3.8) is 0 Å². The van der Waals surface area contributed by atoms with Gasteiger partial charge in [0, 0.05) is 11.6 Å². The van der Waals surface area contributed by atoms with Gasteiger partial charge in [-0.2, -0.15) is 0 Å². The molecule has 4 N–H and O–H groups in total. The van der Waals surface area contributed by atoms with E-state index < -0.39 is 11.9 Å². The Morgan fingerprint density at radius 2 is 1.71 bits per heavy atom. The molecule has 88 valence electrons. The number of hydrogen-bond donors (Lipinski definition) is 2. The van der Waals surface area contributed by atoms with Crippen molar-refractivity contribution in [2.45, 2.75) is 0 Å². The summed E-state index contributed by atoms with van der Waals surface area (Å²) >= 11 is 0. The van der Waals surface area contributed by atoms with Crippen molar-refractivity contribution in [2.75, 3.05) is 0 Å². The van der Waals surface area contributed by atoms with Crippen molar-refractivity contribution < 1.29 is 19.9 Å². The van der Waals surface area contributed by atoms with Crippen LogP contribution in [0.4, 0.5) is 4.79 Å². The van der Waals surface area contributed by atoms with Crippen LogP contribution >= 0.6 is 0 Å². The van der Waals surface area contributed by atoms with Crippen molar-refractivity contribution in [3.8, 4) is 0 Å². The fourth-order valence-electron chi connectivity index (χ4n) is 1.30. The first kappa shape index (κ1) is 12.6. The topological polar surface area (TPSA) is 107 Å². The quantitative estimate of drug-likeness (QED) is 0.419. The van der Waals surface area contributed by atoms with Gasteiger partial charge >= 0.3 is 6.03 Å². The van der Waals surface area contributed by atoms with E-state index in [0.717, 1.165) is 6.08 Å². The fraction of sp³-hybridized carbons (Fsp3) is 0. The van der Waals surface area contributed by atoms with E-state index in [1.165, 1.54) is 0 Å². The Labute approximate surface area is 96.6 Å². The third kappa shape index (κ3) is 2.76. The Morgan fingerprint density at radius 1 is 1.06 bits per heavy atom. The molecule has 0 spiro atoms. The zero-order valence-corrected chi connectivity index (χ0v) is 8.69. The SMILES string of the molecule is O.O=C1NC(=O)C(=CC(=O)c2ccccc2)N1. The Morgan fingerprint density at radius 3 is 2.24 bits per heavy atom. The Hall–Kier alpha value is -2.47. The predicted octanol–water partition coefficient (Wildman–Crippen LogP) is -0.232. The zero-order valence-electron chi connectivity index (χ0n) is 8.69. The molecule has 1 aliphatic rings. The van der Waals surface area contributed by atoms with Gasteiger partial charge < -0.3 is 10.8 Å². The number of hydrogen-bond acceptors (Lipinski definition) is 3. The highest BCUT2D eigenvalue weighted by Crippen LogP contribution is 2.04. The van der Waals surface area contributed by atoms with Gasteiger partial charge in [-0.1, -0.05) is 30.3 Å². The molecule has 0 unspecified atom stereocenters. The molecular formula is C11H10N2O4. The van der Waals surface area contributed by atoms with E-state index in [2.05, 4.69) is 5.32 Å². The minimum absolute atomic E-state index is 0. The Bertz CT molecular complexity index is 493. The molecule has 0 aliphatic carbocycles. The largest absolute Gasteiger partial charge is 0.412 e. The molecule has 0 atom stereocenters. The third-order valence-electron chi connectivity index (χ3n) is 2.05. The van der Waals surface area contributed by atoms with Crippen molar-refractivity contribution in [1.29, 1.82) is 0 Å². The van der Waals surface area contributed by atoms with Gasteiger partial charge in [0.2, 0.25) is 0 Å². The first-order valence-corrected chi connectivity index (χ1v) is 4.60. The molecule has 1 heterocycles. The lowest BCUT2D eigenvalue weighted by Crippen LogP contribution is -2.22. The van der Waals surface area contributed by atoms with E-state index in [0.29, 0.717) is 5.56 Å². The summed E-state index contributed by atoms with van der Waals surface area (Å²) in [6.45, 7) is 0. The second-order valence-corrected chi connectivity index (χ2v) is 3.20. The lowest BCUT2D eigenvalue weighted by Gasteiger charge is -1.95. The van der Waals surface area contributed by atoms with E-state index >= 15 is 0 Å². The minimum Gasteiger partial charge on any atom is -0.412 e. The van der Waals surface area contributed by atoms with Crippen LogP contribution in [0.25, 0.3) is 0 Å². The maximum atomic E-state index is 11.6. The molecule has 1 aliphatic heterocycles. The van der Waals surface area contributed by atoms with Crippen molar-refractivity contribution in [1.82, 2.24) is 10.6 Å². The summed E-state index contributed by atoms with van der Waals surface area (Å²) in [7, 11) is 0. The molecule has 0 saturated carbocycles. The van der Waals surface area contributed by atoms with Crippen LogP contribution in [0.5, 0.6) is 0 Å². The van der Waals surface area contributed by atoms with Gasteiger partial charge in [-0.05, 0) is 0 Å². The fourth-order valence-corrected chi connectivity index (χ4v) is 1.30. The number of carbonyl (C=O) groups is 3. The van der Waals surface area contributed by atoms with E-state index in [4.69, 9.17) is 0 Å². The van der Waals surface area contributed by atoms with E-state index in [1.807, 2.05) is 5.32 Å². The normalized spacial score (nSPS) is 16.1. The summed E-state index contributed by atoms with van der Waals surface area (Å²) in [5.41, 5.74) is 0.433. The molecule has 2 rings (SSSR count). The number of allylic oxidation sites excluding steroid dienone is 1. The molecule has 1 saturated heterocycles. The van der Waals surface area contributed by atoms with Gasteiger partial charge in [-0.3, -0.25) is 14.9 Å². The number of nitrogens with one attached hydrogen (secondary N) is 2. The summed E-state index contributed by atoms with van der Waals surface area (Å²) in [6, 6.07) is 7.88. The number of rotatable bonds is 2. The van der Waals surface area contributed by atoms with Gasteiger partial charge in [0.15, 0.2) is 5.78 Å². The first-order chi connectivity index (χ1) is 7.66. The van der Waals surface area contributed by atoms with Crippen LogP contribution in [-0.2, 0) is 4.79 Å². The smallest absolute Gasteiger partial charge is 0.326 e. The summed E-state index contributed by atoms with van der Waals surface area (Å²) in [6.07, 6.45) is 1.11.